The summed E-state index contributed by atoms with van der Waals surface area (Å²) >= 11 is 0. The first-order valence-electron chi connectivity index (χ1n) is 4.69. The third kappa shape index (κ3) is 3.62. The highest BCUT2D eigenvalue weighted by Crippen LogP contribution is 2.15. The number of hydrogen-bond donors (Lipinski definition) is 3. The van der Waals surface area contributed by atoms with Gasteiger partial charge >= 0.3 is 0 Å². The first-order valence-corrected chi connectivity index (χ1v) is 4.69. The van der Waals surface area contributed by atoms with Crippen LogP contribution in [0.5, 0.6) is 0 Å². The topological polar surface area (TPSA) is 63.0 Å². The maximum absolute atomic E-state index is 5.26. The van der Waals surface area contributed by atoms with Crippen molar-refractivity contribution in [2.45, 2.75) is 20.8 Å². The van der Waals surface area contributed by atoms with Crippen molar-refractivity contribution < 1.29 is 0 Å². The smallest absolute Gasteiger partial charge is 0.142 e. The Bertz CT molecular complexity index is 290. The highest BCUT2D eigenvalue weighted by Gasteiger charge is 2.09. The van der Waals surface area contributed by atoms with Crippen LogP contribution in [0.2, 0.25) is 0 Å². The molecular formula is C10H18N4. The minimum Gasteiger partial charge on any atom is -0.369 e. The van der Waals surface area contributed by atoms with Gasteiger partial charge in [0.2, 0.25) is 0 Å². The molecule has 0 atom stereocenters. The van der Waals surface area contributed by atoms with Crippen LogP contribution in [-0.4, -0.2) is 11.5 Å². The predicted molar refractivity (Wildman–Crippen MR) is 60.0 cm³/mol. The summed E-state index contributed by atoms with van der Waals surface area (Å²) in [6.45, 7) is 7.40. The van der Waals surface area contributed by atoms with Gasteiger partial charge in [0.1, 0.15) is 11.6 Å². The van der Waals surface area contributed by atoms with Gasteiger partial charge in [-0.3, -0.25) is 0 Å². The van der Waals surface area contributed by atoms with Gasteiger partial charge in [-0.25, -0.2) is 10.8 Å². The molecule has 0 spiro atoms. The molecule has 0 unspecified atom stereocenters. The molecule has 0 aliphatic carbocycles. The van der Waals surface area contributed by atoms with Crippen molar-refractivity contribution in [2.24, 2.45) is 11.3 Å². The summed E-state index contributed by atoms with van der Waals surface area (Å²) < 4.78 is 0. The second-order valence-electron chi connectivity index (χ2n) is 4.47. The molecule has 78 valence electrons. The van der Waals surface area contributed by atoms with Crippen LogP contribution in [0.25, 0.3) is 0 Å². The van der Waals surface area contributed by atoms with E-state index in [1.165, 1.54) is 0 Å². The first kappa shape index (κ1) is 10.8. The van der Waals surface area contributed by atoms with E-state index in [4.69, 9.17) is 5.84 Å². The standard InChI is InChI=1S/C10H18N4/c1-10(2,3)7-12-8-5-4-6-9(13-8)14-11/h4-6H,7,11H2,1-3H3,(H2,12,13,14). The Kier molecular flexibility index (Phi) is 3.30. The summed E-state index contributed by atoms with van der Waals surface area (Å²) in [4.78, 5) is 4.25. The number of aromatic nitrogens is 1. The number of nitrogen functional groups attached to an aromatic ring is 1. The molecule has 0 aromatic carbocycles. The van der Waals surface area contributed by atoms with Crippen molar-refractivity contribution in [1.82, 2.24) is 4.98 Å². The molecule has 0 fully saturated rings. The monoisotopic (exact) mass is 194 g/mol. The van der Waals surface area contributed by atoms with Crippen LogP contribution in [-0.2, 0) is 0 Å². The van der Waals surface area contributed by atoms with E-state index in [9.17, 15) is 0 Å². The van der Waals surface area contributed by atoms with Crippen LogP contribution in [0, 0.1) is 5.41 Å². The lowest BCUT2D eigenvalue weighted by molar-refractivity contribution is 0.442. The third-order valence-corrected chi connectivity index (χ3v) is 1.70. The second kappa shape index (κ2) is 4.28. The zero-order chi connectivity index (χ0) is 10.6. The number of hydrazine groups is 1. The van der Waals surface area contributed by atoms with Crippen LogP contribution in [0.3, 0.4) is 0 Å². The molecule has 0 radical (unpaired) electrons. The normalized spacial score (nSPS) is 11.1. The number of anilines is 2. The molecule has 4 heteroatoms. The van der Waals surface area contributed by atoms with Gasteiger partial charge in [-0.1, -0.05) is 26.8 Å². The molecule has 0 amide bonds. The summed E-state index contributed by atoms with van der Waals surface area (Å²) in [5.41, 5.74) is 2.76. The summed E-state index contributed by atoms with van der Waals surface area (Å²) in [6.07, 6.45) is 0. The van der Waals surface area contributed by atoms with Crippen molar-refractivity contribution >= 4 is 11.6 Å². The molecule has 4 nitrogen and oxygen atoms in total. The Morgan fingerprint density at radius 1 is 1.29 bits per heavy atom. The van der Waals surface area contributed by atoms with Gasteiger partial charge in [-0.05, 0) is 17.5 Å². The number of hydrogen-bond acceptors (Lipinski definition) is 4. The number of nitrogens with zero attached hydrogens (tertiary/aromatic N) is 1. The Labute approximate surface area is 84.9 Å². The summed E-state index contributed by atoms with van der Waals surface area (Å²) in [5.74, 6) is 6.77. The maximum atomic E-state index is 5.26. The molecular weight excluding hydrogens is 176 g/mol. The predicted octanol–water partition coefficient (Wildman–Crippen LogP) is 1.83. The van der Waals surface area contributed by atoms with Gasteiger partial charge in [0.25, 0.3) is 0 Å². The fraction of sp³-hybridized carbons (Fsp3) is 0.500. The Balaban J connectivity index is 2.59. The number of nitrogens with two attached hydrogens (primary N) is 1. The summed E-state index contributed by atoms with van der Waals surface area (Å²) in [6, 6.07) is 5.65. The van der Waals surface area contributed by atoms with E-state index >= 15 is 0 Å². The lowest BCUT2D eigenvalue weighted by atomic mass is 9.97. The van der Waals surface area contributed by atoms with E-state index in [0.29, 0.717) is 5.82 Å². The van der Waals surface area contributed by atoms with E-state index < -0.39 is 0 Å². The van der Waals surface area contributed by atoms with Crippen LogP contribution < -0.4 is 16.6 Å². The van der Waals surface area contributed by atoms with Crippen molar-refractivity contribution in [1.29, 1.82) is 0 Å². The second-order valence-corrected chi connectivity index (χ2v) is 4.47. The van der Waals surface area contributed by atoms with Gasteiger partial charge in [-0.15, -0.1) is 0 Å². The van der Waals surface area contributed by atoms with Crippen molar-refractivity contribution in [3.63, 3.8) is 0 Å². The van der Waals surface area contributed by atoms with Gasteiger partial charge in [0.15, 0.2) is 0 Å². The Morgan fingerprint density at radius 2 is 1.93 bits per heavy atom. The quantitative estimate of drug-likeness (QED) is 0.507. The largest absolute Gasteiger partial charge is 0.369 e. The van der Waals surface area contributed by atoms with Gasteiger partial charge in [0.05, 0.1) is 0 Å². The third-order valence-electron chi connectivity index (χ3n) is 1.70. The lowest BCUT2D eigenvalue weighted by Crippen LogP contribution is -2.20. The van der Waals surface area contributed by atoms with Crippen molar-refractivity contribution in [3.8, 4) is 0 Å². The molecule has 4 N–H and O–H groups in total. The molecule has 1 aromatic rings. The Hall–Kier alpha value is -1.29. The minimum atomic E-state index is 0.244. The molecule has 0 saturated heterocycles. The van der Waals surface area contributed by atoms with E-state index in [-0.39, 0.29) is 5.41 Å². The molecule has 1 heterocycles. The first-order chi connectivity index (χ1) is 6.51. The average molecular weight is 194 g/mol. The van der Waals surface area contributed by atoms with E-state index in [2.05, 4.69) is 36.5 Å². The van der Waals surface area contributed by atoms with Crippen LogP contribution >= 0.6 is 0 Å². The van der Waals surface area contributed by atoms with Crippen LogP contribution in [0.15, 0.2) is 18.2 Å². The SMILES string of the molecule is CC(C)(C)CNc1cccc(NN)n1. The molecule has 14 heavy (non-hydrogen) atoms. The minimum absolute atomic E-state index is 0.244. The Morgan fingerprint density at radius 3 is 2.50 bits per heavy atom. The zero-order valence-corrected chi connectivity index (χ0v) is 8.96. The maximum Gasteiger partial charge on any atom is 0.142 e. The number of rotatable bonds is 3. The van der Waals surface area contributed by atoms with Crippen molar-refractivity contribution in [2.75, 3.05) is 17.3 Å². The van der Waals surface area contributed by atoms with Crippen molar-refractivity contribution in [3.05, 3.63) is 18.2 Å². The molecule has 0 bridgehead atoms. The number of pyridine rings is 1. The number of nitrogens with one attached hydrogen (secondary N) is 2. The highest BCUT2D eigenvalue weighted by molar-refractivity contribution is 5.44. The fourth-order valence-electron chi connectivity index (χ4n) is 0.969. The van der Waals surface area contributed by atoms with E-state index in [0.717, 1.165) is 12.4 Å². The summed E-state index contributed by atoms with van der Waals surface area (Å²) in [5, 5.41) is 3.25. The van der Waals surface area contributed by atoms with Crippen LogP contribution in [0.1, 0.15) is 20.8 Å². The average Bonchev–Trinajstić information content (AvgIpc) is 2.14. The molecule has 0 aliphatic rings. The van der Waals surface area contributed by atoms with Crippen LogP contribution in [0.4, 0.5) is 11.6 Å². The lowest BCUT2D eigenvalue weighted by Gasteiger charge is -2.19. The zero-order valence-electron chi connectivity index (χ0n) is 8.96. The van der Waals surface area contributed by atoms with E-state index in [1.807, 2.05) is 18.2 Å². The summed E-state index contributed by atoms with van der Waals surface area (Å²) in [7, 11) is 0. The molecule has 1 aromatic heterocycles. The van der Waals surface area contributed by atoms with Gasteiger partial charge in [0, 0.05) is 6.54 Å². The molecule has 0 saturated carbocycles. The molecule has 1 rings (SSSR count). The van der Waals surface area contributed by atoms with E-state index in [1.54, 1.807) is 0 Å². The van der Waals surface area contributed by atoms with Gasteiger partial charge in [-0.2, -0.15) is 0 Å². The fourth-order valence-corrected chi connectivity index (χ4v) is 0.969. The highest BCUT2D eigenvalue weighted by atomic mass is 15.3. The van der Waals surface area contributed by atoms with Gasteiger partial charge < -0.3 is 10.7 Å². The molecule has 0 aliphatic heterocycles.